The average molecular weight is 331 g/mol. The Balaban J connectivity index is 1.47. The van der Waals surface area contributed by atoms with E-state index < -0.39 is 0 Å². The van der Waals surface area contributed by atoms with Crippen molar-refractivity contribution in [2.75, 3.05) is 40.0 Å². The van der Waals surface area contributed by atoms with Gasteiger partial charge in [0, 0.05) is 62.3 Å². The molecule has 3 heterocycles. The topological polar surface area (TPSA) is 48.0 Å². The number of rotatable bonds is 4. The maximum absolute atomic E-state index is 12.6. The summed E-state index contributed by atoms with van der Waals surface area (Å²) < 4.78 is 17.0. The first-order chi connectivity index (χ1) is 11.7. The van der Waals surface area contributed by atoms with E-state index >= 15 is 0 Å². The average Bonchev–Trinajstić information content (AvgIpc) is 3.27. The molecule has 1 aromatic rings. The number of amides is 1. The van der Waals surface area contributed by atoms with Gasteiger partial charge in [-0.05, 0) is 25.3 Å². The van der Waals surface area contributed by atoms with E-state index in [0.29, 0.717) is 13.2 Å². The summed E-state index contributed by atoms with van der Waals surface area (Å²) in [5.74, 6) is 2.44. The van der Waals surface area contributed by atoms with Crippen LogP contribution >= 0.6 is 0 Å². The van der Waals surface area contributed by atoms with Crippen LogP contribution in [0.2, 0.25) is 0 Å². The van der Waals surface area contributed by atoms with Gasteiger partial charge in [0.15, 0.2) is 0 Å². The second kappa shape index (κ2) is 6.63. The molecule has 5 heteroatoms. The Bertz CT molecular complexity index is 604. The predicted molar refractivity (Wildman–Crippen MR) is 89.7 cm³/mol. The maximum atomic E-state index is 12.6. The molecular weight excluding hydrogens is 306 g/mol. The molecule has 5 nitrogen and oxygen atoms in total. The highest BCUT2D eigenvalue weighted by Gasteiger charge is 2.28. The van der Waals surface area contributed by atoms with Gasteiger partial charge in [-0.3, -0.25) is 4.79 Å². The van der Waals surface area contributed by atoms with Crippen LogP contribution in [0.5, 0.6) is 11.5 Å². The number of fused-ring (bicyclic) bond motifs is 2. The van der Waals surface area contributed by atoms with Gasteiger partial charge in [-0.15, -0.1) is 0 Å². The van der Waals surface area contributed by atoms with E-state index in [1.165, 1.54) is 16.7 Å². The minimum atomic E-state index is 0.121. The van der Waals surface area contributed by atoms with E-state index in [1.807, 2.05) is 11.9 Å². The van der Waals surface area contributed by atoms with Gasteiger partial charge in [-0.2, -0.15) is 0 Å². The van der Waals surface area contributed by atoms with E-state index in [0.717, 1.165) is 63.4 Å². The van der Waals surface area contributed by atoms with E-state index in [9.17, 15) is 4.79 Å². The molecule has 0 radical (unpaired) electrons. The number of likely N-dealkylation sites (N-methyl/N-ethyl adjacent to an activating group) is 1. The molecule has 0 aliphatic carbocycles. The lowest BCUT2D eigenvalue weighted by atomic mass is 9.96. The van der Waals surface area contributed by atoms with Crippen molar-refractivity contribution in [1.82, 2.24) is 4.90 Å². The second-order valence-corrected chi connectivity index (χ2v) is 6.91. The number of carbonyl (C=O) groups is 1. The third-order valence-corrected chi connectivity index (χ3v) is 5.40. The largest absolute Gasteiger partial charge is 0.493 e. The van der Waals surface area contributed by atoms with Gasteiger partial charge in [-0.25, -0.2) is 0 Å². The fourth-order valence-electron chi connectivity index (χ4n) is 4.00. The molecule has 0 unspecified atom stereocenters. The molecule has 1 aromatic carbocycles. The van der Waals surface area contributed by atoms with Gasteiger partial charge in [0.1, 0.15) is 11.5 Å². The number of hydrogen-bond acceptors (Lipinski definition) is 4. The lowest BCUT2D eigenvalue weighted by molar-refractivity contribution is -0.137. The third-order valence-electron chi connectivity index (χ3n) is 5.40. The van der Waals surface area contributed by atoms with Gasteiger partial charge in [0.2, 0.25) is 5.91 Å². The lowest BCUT2D eigenvalue weighted by Gasteiger charge is -2.27. The smallest absolute Gasteiger partial charge is 0.225 e. The van der Waals surface area contributed by atoms with Crippen molar-refractivity contribution >= 4 is 5.91 Å². The van der Waals surface area contributed by atoms with E-state index in [4.69, 9.17) is 14.2 Å². The zero-order valence-corrected chi connectivity index (χ0v) is 14.3. The van der Waals surface area contributed by atoms with E-state index in [-0.39, 0.29) is 11.8 Å². The molecule has 3 aliphatic rings. The van der Waals surface area contributed by atoms with Crippen molar-refractivity contribution in [3.8, 4) is 11.5 Å². The van der Waals surface area contributed by atoms with Gasteiger partial charge in [0.05, 0.1) is 13.2 Å². The van der Waals surface area contributed by atoms with Gasteiger partial charge < -0.3 is 19.1 Å². The quantitative estimate of drug-likeness (QED) is 0.846. The standard InChI is InChI=1S/C19H25NO4/c1-20(19(21)13-3-8-22-9-4-13)7-2-16-15-6-11-23-17(15)12-14-5-10-24-18(14)16/h12-13H,2-11H2,1H3. The molecule has 1 saturated heterocycles. The van der Waals surface area contributed by atoms with Gasteiger partial charge >= 0.3 is 0 Å². The summed E-state index contributed by atoms with van der Waals surface area (Å²) in [5.41, 5.74) is 3.79. The predicted octanol–water partition coefficient (Wildman–Crippen LogP) is 1.98. The van der Waals surface area contributed by atoms with Crippen LogP contribution in [-0.2, 0) is 28.8 Å². The number of benzene rings is 1. The Hall–Kier alpha value is -1.75. The Morgan fingerprint density at radius 3 is 2.79 bits per heavy atom. The van der Waals surface area contributed by atoms with Crippen molar-refractivity contribution in [3.05, 3.63) is 22.8 Å². The molecule has 130 valence electrons. The first-order valence-corrected chi connectivity index (χ1v) is 9.00. The number of nitrogens with zero attached hydrogens (tertiary/aromatic N) is 1. The molecule has 0 spiro atoms. The molecular formula is C19H25NO4. The molecule has 0 bridgehead atoms. The Morgan fingerprint density at radius 2 is 1.96 bits per heavy atom. The zero-order chi connectivity index (χ0) is 16.5. The SMILES string of the molecule is CN(CCc1c2c(cc3c1OCC3)OCC2)C(=O)C1CCOCC1. The molecule has 1 fully saturated rings. The molecule has 1 amide bonds. The lowest BCUT2D eigenvalue weighted by Crippen LogP contribution is -2.37. The van der Waals surface area contributed by atoms with Gasteiger partial charge in [0.25, 0.3) is 0 Å². The van der Waals surface area contributed by atoms with Crippen LogP contribution in [0.1, 0.15) is 29.5 Å². The molecule has 3 aliphatic heterocycles. The fourth-order valence-corrected chi connectivity index (χ4v) is 4.00. The van der Waals surface area contributed by atoms with Crippen molar-refractivity contribution in [2.24, 2.45) is 5.92 Å². The van der Waals surface area contributed by atoms with E-state index in [1.54, 1.807) is 0 Å². The molecule has 24 heavy (non-hydrogen) atoms. The number of ether oxygens (including phenoxy) is 3. The molecule has 0 saturated carbocycles. The summed E-state index contributed by atoms with van der Waals surface area (Å²) in [7, 11) is 1.92. The first-order valence-electron chi connectivity index (χ1n) is 9.00. The highest BCUT2D eigenvalue weighted by Crippen LogP contribution is 2.40. The van der Waals surface area contributed by atoms with Crippen LogP contribution in [0, 0.1) is 5.92 Å². The van der Waals surface area contributed by atoms with Crippen LogP contribution in [0.15, 0.2) is 6.07 Å². The Morgan fingerprint density at radius 1 is 1.17 bits per heavy atom. The Labute approximate surface area is 142 Å². The Kier molecular flexibility index (Phi) is 4.35. The zero-order valence-electron chi connectivity index (χ0n) is 14.3. The highest BCUT2D eigenvalue weighted by molar-refractivity contribution is 5.78. The first kappa shape index (κ1) is 15.8. The van der Waals surface area contributed by atoms with Crippen LogP contribution < -0.4 is 9.47 Å². The molecule has 0 aromatic heterocycles. The summed E-state index contributed by atoms with van der Waals surface area (Å²) >= 11 is 0. The normalized spacial score (nSPS) is 19.4. The molecule has 0 atom stereocenters. The van der Waals surface area contributed by atoms with Crippen LogP contribution in [0.4, 0.5) is 0 Å². The number of carbonyl (C=O) groups excluding carboxylic acids is 1. The van der Waals surface area contributed by atoms with Crippen LogP contribution in [0.25, 0.3) is 0 Å². The number of hydrogen-bond donors (Lipinski definition) is 0. The monoisotopic (exact) mass is 331 g/mol. The third kappa shape index (κ3) is 2.86. The van der Waals surface area contributed by atoms with E-state index in [2.05, 4.69) is 6.07 Å². The maximum Gasteiger partial charge on any atom is 0.225 e. The highest BCUT2D eigenvalue weighted by atomic mass is 16.5. The summed E-state index contributed by atoms with van der Waals surface area (Å²) in [6.07, 6.45) is 4.42. The van der Waals surface area contributed by atoms with Crippen LogP contribution in [-0.4, -0.2) is 50.8 Å². The molecule has 4 rings (SSSR count). The van der Waals surface area contributed by atoms with Crippen molar-refractivity contribution in [2.45, 2.75) is 32.1 Å². The second-order valence-electron chi connectivity index (χ2n) is 6.91. The summed E-state index contributed by atoms with van der Waals surface area (Å²) in [5, 5.41) is 0. The van der Waals surface area contributed by atoms with Crippen molar-refractivity contribution in [3.63, 3.8) is 0 Å². The fraction of sp³-hybridized carbons (Fsp3) is 0.632. The summed E-state index contributed by atoms with van der Waals surface area (Å²) in [6, 6.07) is 2.14. The minimum absolute atomic E-state index is 0.121. The van der Waals surface area contributed by atoms with Crippen LogP contribution in [0.3, 0.4) is 0 Å². The summed E-state index contributed by atoms with van der Waals surface area (Å²) in [6.45, 7) is 3.64. The van der Waals surface area contributed by atoms with Crippen molar-refractivity contribution in [1.29, 1.82) is 0 Å². The van der Waals surface area contributed by atoms with Crippen molar-refractivity contribution < 1.29 is 19.0 Å². The summed E-state index contributed by atoms with van der Waals surface area (Å²) in [4.78, 5) is 14.5. The minimum Gasteiger partial charge on any atom is -0.493 e. The molecule has 0 N–H and O–H groups in total. The van der Waals surface area contributed by atoms with Gasteiger partial charge in [-0.1, -0.05) is 0 Å².